The van der Waals surface area contributed by atoms with Crippen LogP contribution in [0.15, 0.2) is 82.8 Å². The van der Waals surface area contributed by atoms with E-state index in [1.165, 1.54) is 33.4 Å². The normalized spacial score (nSPS) is 23.9. The zero-order chi connectivity index (χ0) is 26.2. The zero-order valence-electron chi connectivity index (χ0n) is 22.6. The van der Waals surface area contributed by atoms with E-state index in [0.29, 0.717) is 6.61 Å². The lowest BCUT2D eigenvalue weighted by Crippen LogP contribution is -2.28. The Balaban J connectivity index is 1.03. The number of benzene rings is 3. The lowest BCUT2D eigenvalue weighted by molar-refractivity contribution is 0.116. The van der Waals surface area contributed by atoms with E-state index in [9.17, 15) is 0 Å². The molecule has 0 saturated heterocycles. The molecule has 4 atom stereocenters. The highest BCUT2D eigenvalue weighted by Crippen LogP contribution is 2.44. The van der Waals surface area contributed by atoms with Gasteiger partial charge in [0, 0.05) is 19.4 Å². The van der Waals surface area contributed by atoms with Crippen molar-refractivity contribution < 1.29 is 14.2 Å². The maximum absolute atomic E-state index is 6.55. The fourth-order valence-corrected chi connectivity index (χ4v) is 6.55. The molecule has 2 aliphatic heterocycles. The second-order valence-corrected chi connectivity index (χ2v) is 11.2. The van der Waals surface area contributed by atoms with Gasteiger partial charge in [-0.3, -0.25) is 0 Å². The molecule has 200 valence electrons. The molecule has 0 radical (unpaired) electrons. The number of aliphatic imine (C=N–C) groups is 2. The Morgan fingerprint density at radius 1 is 0.744 bits per heavy atom. The average molecular weight is 521 g/mol. The van der Waals surface area contributed by atoms with Crippen molar-refractivity contribution in [3.8, 4) is 0 Å². The monoisotopic (exact) mass is 520 g/mol. The van der Waals surface area contributed by atoms with Crippen LogP contribution in [0.1, 0.15) is 71.7 Å². The van der Waals surface area contributed by atoms with Crippen molar-refractivity contribution in [2.45, 2.75) is 76.3 Å². The van der Waals surface area contributed by atoms with Crippen LogP contribution in [-0.4, -0.2) is 30.6 Å². The Labute approximate surface area is 230 Å². The molecule has 5 nitrogen and oxygen atoms in total. The van der Waals surface area contributed by atoms with Gasteiger partial charge < -0.3 is 14.2 Å². The van der Waals surface area contributed by atoms with Crippen LogP contribution in [-0.2, 0) is 40.1 Å². The second kappa shape index (κ2) is 10.6. The summed E-state index contributed by atoms with van der Waals surface area (Å²) in [7, 11) is 0. The highest BCUT2D eigenvalue weighted by molar-refractivity contribution is 6.02. The minimum Gasteiger partial charge on any atom is -0.474 e. The summed E-state index contributed by atoms with van der Waals surface area (Å²) in [5.74, 6) is 1.58. The van der Waals surface area contributed by atoms with Crippen molar-refractivity contribution in [2.75, 3.05) is 6.61 Å². The van der Waals surface area contributed by atoms with E-state index in [1.807, 2.05) is 0 Å². The molecular formula is C34H36N2O3. The van der Waals surface area contributed by atoms with Gasteiger partial charge in [0.05, 0.1) is 6.61 Å². The van der Waals surface area contributed by atoms with Crippen molar-refractivity contribution in [3.63, 3.8) is 0 Å². The summed E-state index contributed by atoms with van der Waals surface area (Å²) in [6.45, 7) is 3.57. The first-order chi connectivity index (χ1) is 19.3. The van der Waals surface area contributed by atoms with Crippen LogP contribution in [0, 0.1) is 5.92 Å². The van der Waals surface area contributed by atoms with E-state index >= 15 is 0 Å². The van der Waals surface area contributed by atoms with Crippen LogP contribution in [0.3, 0.4) is 0 Å². The molecule has 0 amide bonds. The summed E-state index contributed by atoms with van der Waals surface area (Å²) >= 11 is 0. The van der Waals surface area contributed by atoms with Crippen molar-refractivity contribution in [2.24, 2.45) is 15.9 Å². The highest BCUT2D eigenvalue weighted by atomic mass is 16.5. The first-order valence-electron chi connectivity index (χ1n) is 14.6. The van der Waals surface area contributed by atoms with Crippen LogP contribution in [0.5, 0.6) is 0 Å². The smallest absolute Gasteiger partial charge is 0.197 e. The van der Waals surface area contributed by atoms with Gasteiger partial charge in [-0.25, -0.2) is 9.98 Å². The van der Waals surface area contributed by atoms with Crippen LogP contribution in [0.2, 0.25) is 0 Å². The van der Waals surface area contributed by atoms with E-state index in [0.717, 1.165) is 56.9 Å². The predicted octanol–water partition coefficient (Wildman–Crippen LogP) is 6.74. The Morgan fingerprint density at radius 2 is 1.31 bits per heavy atom. The van der Waals surface area contributed by atoms with Gasteiger partial charge in [-0.05, 0) is 59.1 Å². The van der Waals surface area contributed by atoms with Crippen LogP contribution in [0.4, 0.5) is 0 Å². The number of hydrogen-bond donors (Lipinski definition) is 0. The summed E-state index contributed by atoms with van der Waals surface area (Å²) < 4.78 is 19.1. The molecule has 3 aromatic rings. The zero-order valence-corrected chi connectivity index (χ0v) is 22.6. The third kappa shape index (κ3) is 4.78. The summed E-state index contributed by atoms with van der Waals surface area (Å²) in [6, 6.07) is 26.1. The van der Waals surface area contributed by atoms with E-state index in [2.05, 4.69) is 79.7 Å². The summed E-state index contributed by atoms with van der Waals surface area (Å²) in [4.78, 5) is 10.3. The lowest BCUT2D eigenvalue weighted by atomic mass is 10.0. The Morgan fingerprint density at radius 3 is 1.90 bits per heavy atom. The van der Waals surface area contributed by atoms with Gasteiger partial charge >= 0.3 is 0 Å². The molecule has 7 rings (SSSR count). The molecule has 0 aromatic heterocycles. The molecule has 2 heterocycles. The molecule has 2 aliphatic carbocycles. The van der Waals surface area contributed by atoms with Gasteiger partial charge in [0.2, 0.25) is 0 Å². The molecule has 0 unspecified atom stereocenters. The molecule has 0 saturated carbocycles. The minimum atomic E-state index is -0.0397. The number of aryl methyl sites for hydroxylation is 1. The molecule has 3 aromatic carbocycles. The lowest BCUT2D eigenvalue weighted by Gasteiger charge is -2.19. The average Bonchev–Trinajstić information content (AvgIpc) is 3.72. The topological polar surface area (TPSA) is 52.4 Å². The number of nitrogens with zero attached hydrogens (tertiary/aromatic N) is 2. The number of hydrogen-bond acceptors (Lipinski definition) is 5. The van der Waals surface area contributed by atoms with E-state index in [4.69, 9.17) is 24.2 Å². The SMILES string of the molecule is CCc1ccc(COCCCCC(C2=N[C@@H]3c4ccccc4C[C@@H]3O2)C2=N[C@@H]3c4ccccc4C[C@@H]3O2)cc1. The molecule has 0 N–H and O–H groups in total. The van der Waals surface area contributed by atoms with Crippen molar-refractivity contribution in [1.29, 1.82) is 0 Å². The third-order valence-corrected chi connectivity index (χ3v) is 8.70. The van der Waals surface area contributed by atoms with Gasteiger partial charge in [-0.15, -0.1) is 0 Å². The molecule has 0 bridgehead atoms. The van der Waals surface area contributed by atoms with Gasteiger partial charge in [0.1, 0.15) is 30.2 Å². The molecule has 0 fully saturated rings. The van der Waals surface area contributed by atoms with E-state index in [-0.39, 0.29) is 30.2 Å². The summed E-state index contributed by atoms with van der Waals surface area (Å²) in [5, 5.41) is 0. The fraction of sp³-hybridized carbons (Fsp3) is 0.412. The first-order valence-corrected chi connectivity index (χ1v) is 14.6. The summed E-state index contributed by atoms with van der Waals surface area (Å²) in [5.41, 5.74) is 7.90. The van der Waals surface area contributed by atoms with Gasteiger partial charge in [-0.2, -0.15) is 0 Å². The number of unbranched alkanes of at least 4 members (excludes halogenated alkanes) is 1. The quantitative estimate of drug-likeness (QED) is 0.278. The van der Waals surface area contributed by atoms with Crippen LogP contribution in [0.25, 0.3) is 0 Å². The number of ether oxygens (including phenoxy) is 3. The van der Waals surface area contributed by atoms with Gasteiger partial charge in [-0.1, -0.05) is 79.7 Å². The number of fused-ring (bicyclic) bond motifs is 6. The Kier molecular flexibility index (Phi) is 6.69. The summed E-state index contributed by atoms with van der Waals surface area (Å²) in [6.07, 6.45) is 5.95. The van der Waals surface area contributed by atoms with E-state index in [1.54, 1.807) is 0 Å². The molecule has 4 aliphatic rings. The maximum atomic E-state index is 6.55. The molecule has 0 spiro atoms. The Bertz CT molecular complexity index is 1320. The van der Waals surface area contributed by atoms with Crippen molar-refractivity contribution >= 4 is 11.8 Å². The number of rotatable bonds is 10. The van der Waals surface area contributed by atoms with Crippen LogP contribution >= 0.6 is 0 Å². The van der Waals surface area contributed by atoms with Gasteiger partial charge in [0.25, 0.3) is 0 Å². The van der Waals surface area contributed by atoms with Crippen molar-refractivity contribution in [1.82, 2.24) is 0 Å². The molecular weight excluding hydrogens is 484 g/mol. The highest BCUT2D eigenvalue weighted by Gasteiger charge is 2.46. The third-order valence-electron chi connectivity index (χ3n) is 8.70. The van der Waals surface area contributed by atoms with Gasteiger partial charge in [0.15, 0.2) is 11.8 Å². The Hall–Kier alpha value is -3.44. The second-order valence-electron chi connectivity index (χ2n) is 11.2. The maximum Gasteiger partial charge on any atom is 0.197 e. The molecule has 5 heteroatoms. The van der Waals surface area contributed by atoms with Crippen molar-refractivity contribution in [3.05, 3.63) is 106 Å². The first kappa shape index (κ1) is 24.6. The largest absolute Gasteiger partial charge is 0.474 e. The standard InChI is InChI=1S/C34H36N2O3/c1-2-22-14-16-23(17-15-22)21-37-18-8-7-13-28(33-35-31-26-11-5-3-9-24(26)19-29(31)38-33)34-36-32-27-12-6-4-10-25(27)20-30(32)39-34/h3-6,9-12,14-17,28-32H,2,7-8,13,18-21H2,1H3/t29-,30-,31+,32+/m0/s1. The predicted molar refractivity (Wildman–Crippen MR) is 153 cm³/mol. The minimum absolute atomic E-state index is 0.0397. The molecule has 39 heavy (non-hydrogen) atoms. The fourth-order valence-electron chi connectivity index (χ4n) is 6.55. The van der Waals surface area contributed by atoms with E-state index < -0.39 is 0 Å². The van der Waals surface area contributed by atoms with Crippen LogP contribution < -0.4 is 0 Å².